The molecule has 0 aromatic carbocycles. The minimum absolute atomic E-state index is 0.426. The third-order valence-corrected chi connectivity index (χ3v) is 2.17. The lowest BCUT2D eigenvalue weighted by atomic mass is 9.84. The maximum atomic E-state index is 5.80. The van der Waals surface area contributed by atoms with E-state index in [0.29, 0.717) is 12.0 Å². The summed E-state index contributed by atoms with van der Waals surface area (Å²) in [4.78, 5) is 0. The van der Waals surface area contributed by atoms with Crippen molar-refractivity contribution in [3.63, 3.8) is 0 Å². The van der Waals surface area contributed by atoms with Crippen LogP contribution in [0.25, 0.3) is 0 Å². The van der Waals surface area contributed by atoms with Gasteiger partial charge in [0.05, 0.1) is 0 Å². The summed E-state index contributed by atoms with van der Waals surface area (Å²) in [7, 11) is 0. The maximum Gasteiger partial charge on any atom is 0.00706 e. The van der Waals surface area contributed by atoms with Gasteiger partial charge in [0.1, 0.15) is 0 Å². The Morgan fingerprint density at radius 2 is 2.33 bits per heavy atom. The highest BCUT2D eigenvalue weighted by Gasteiger charge is 2.18. The van der Waals surface area contributed by atoms with Gasteiger partial charge in [0.2, 0.25) is 0 Å². The molecular formula is C8H15N. The summed E-state index contributed by atoms with van der Waals surface area (Å²) in [6.07, 6.45) is 3.42. The van der Waals surface area contributed by atoms with Gasteiger partial charge in [-0.15, -0.1) is 0 Å². The molecule has 0 heterocycles. The molecule has 0 radical (unpaired) electrons. The third kappa shape index (κ3) is 1.55. The molecule has 1 rings (SSSR count). The van der Waals surface area contributed by atoms with E-state index >= 15 is 0 Å². The van der Waals surface area contributed by atoms with Crippen molar-refractivity contribution < 1.29 is 0 Å². The predicted octanol–water partition coefficient (Wildman–Crippen LogP) is 1.69. The van der Waals surface area contributed by atoms with Crippen molar-refractivity contribution >= 4 is 0 Å². The Hall–Kier alpha value is -0.300. The second kappa shape index (κ2) is 2.53. The van der Waals surface area contributed by atoms with E-state index in [-0.39, 0.29) is 0 Å². The van der Waals surface area contributed by atoms with Crippen LogP contribution in [-0.4, -0.2) is 6.04 Å². The predicted molar refractivity (Wildman–Crippen MR) is 40.1 cm³/mol. The fourth-order valence-corrected chi connectivity index (χ4v) is 1.36. The minimum Gasteiger partial charge on any atom is -0.327 e. The van der Waals surface area contributed by atoms with Crippen molar-refractivity contribution in [3.05, 3.63) is 12.2 Å². The Kier molecular flexibility index (Phi) is 1.91. The molecule has 2 N–H and O–H groups in total. The zero-order valence-electron chi connectivity index (χ0n) is 6.06. The molecule has 0 amide bonds. The van der Waals surface area contributed by atoms with Crippen LogP contribution in [0, 0.1) is 5.92 Å². The molecule has 0 bridgehead atoms. The van der Waals surface area contributed by atoms with Crippen LogP contribution in [0.1, 0.15) is 26.2 Å². The van der Waals surface area contributed by atoms with Gasteiger partial charge in [-0.1, -0.05) is 19.1 Å². The monoisotopic (exact) mass is 125 g/mol. The summed E-state index contributed by atoms with van der Waals surface area (Å²) in [6.45, 7) is 6.15. The number of nitrogens with two attached hydrogens (primary N) is 1. The standard InChI is InChI=1S/C8H15N/c1-6-3-4-8(9)7(2)5-6/h7-8H,1,3-5,9H2,2H3. The molecule has 0 aliphatic heterocycles. The summed E-state index contributed by atoms with van der Waals surface area (Å²) in [5.41, 5.74) is 7.18. The molecular weight excluding hydrogens is 110 g/mol. The van der Waals surface area contributed by atoms with Crippen LogP contribution in [0.3, 0.4) is 0 Å². The normalized spacial score (nSPS) is 36.9. The SMILES string of the molecule is C=C1CCC(N)C(C)C1. The van der Waals surface area contributed by atoms with E-state index in [4.69, 9.17) is 5.73 Å². The average Bonchev–Trinajstić information content (AvgIpc) is 1.80. The molecule has 1 aliphatic rings. The summed E-state index contributed by atoms with van der Waals surface area (Å²) in [5.74, 6) is 0.659. The molecule has 1 saturated carbocycles. The molecule has 0 saturated heterocycles. The first-order chi connectivity index (χ1) is 4.20. The third-order valence-electron chi connectivity index (χ3n) is 2.17. The quantitative estimate of drug-likeness (QED) is 0.490. The van der Waals surface area contributed by atoms with Crippen molar-refractivity contribution in [3.8, 4) is 0 Å². The zero-order valence-corrected chi connectivity index (χ0v) is 6.06. The first-order valence-electron chi connectivity index (χ1n) is 3.62. The number of hydrogen-bond donors (Lipinski definition) is 1. The highest BCUT2D eigenvalue weighted by Crippen LogP contribution is 2.25. The van der Waals surface area contributed by atoms with Gasteiger partial charge in [-0.2, -0.15) is 0 Å². The Balaban J connectivity index is 2.44. The Morgan fingerprint density at radius 1 is 1.67 bits per heavy atom. The van der Waals surface area contributed by atoms with Crippen LogP contribution in [-0.2, 0) is 0 Å². The van der Waals surface area contributed by atoms with E-state index in [1.54, 1.807) is 0 Å². The van der Waals surface area contributed by atoms with E-state index in [1.165, 1.54) is 5.57 Å². The zero-order chi connectivity index (χ0) is 6.85. The number of hydrogen-bond acceptors (Lipinski definition) is 1. The molecule has 1 fully saturated rings. The van der Waals surface area contributed by atoms with Gasteiger partial charge in [-0.3, -0.25) is 0 Å². The highest BCUT2D eigenvalue weighted by molar-refractivity contribution is 5.01. The minimum atomic E-state index is 0.426. The molecule has 1 heteroatoms. The largest absolute Gasteiger partial charge is 0.327 e. The molecule has 0 aromatic heterocycles. The highest BCUT2D eigenvalue weighted by atomic mass is 14.6. The van der Waals surface area contributed by atoms with Crippen molar-refractivity contribution in [2.24, 2.45) is 11.7 Å². The molecule has 2 atom stereocenters. The number of allylic oxidation sites excluding steroid dienone is 1. The molecule has 1 nitrogen and oxygen atoms in total. The van der Waals surface area contributed by atoms with Gasteiger partial charge in [-0.25, -0.2) is 0 Å². The smallest absolute Gasteiger partial charge is 0.00706 e. The summed E-state index contributed by atoms with van der Waals surface area (Å²) < 4.78 is 0. The van der Waals surface area contributed by atoms with E-state index < -0.39 is 0 Å². The summed E-state index contributed by atoms with van der Waals surface area (Å²) >= 11 is 0. The molecule has 0 aromatic rings. The second-order valence-electron chi connectivity index (χ2n) is 3.13. The van der Waals surface area contributed by atoms with Crippen LogP contribution >= 0.6 is 0 Å². The van der Waals surface area contributed by atoms with Crippen molar-refractivity contribution in [2.45, 2.75) is 32.2 Å². The van der Waals surface area contributed by atoms with E-state index in [1.807, 2.05) is 0 Å². The lowest BCUT2D eigenvalue weighted by Gasteiger charge is -2.26. The topological polar surface area (TPSA) is 26.0 Å². The molecule has 1 aliphatic carbocycles. The van der Waals surface area contributed by atoms with Gasteiger partial charge < -0.3 is 5.73 Å². The van der Waals surface area contributed by atoms with Gasteiger partial charge in [0.15, 0.2) is 0 Å². The van der Waals surface area contributed by atoms with Crippen LogP contribution in [0.4, 0.5) is 0 Å². The second-order valence-corrected chi connectivity index (χ2v) is 3.13. The lowest BCUT2D eigenvalue weighted by molar-refractivity contribution is 0.385. The fraction of sp³-hybridized carbons (Fsp3) is 0.750. The van der Waals surface area contributed by atoms with Crippen LogP contribution in [0.2, 0.25) is 0 Å². The summed E-state index contributed by atoms with van der Waals surface area (Å²) in [6, 6.07) is 0.426. The maximum absolute atomic E-state index is 5.80. The van der Waals surface area contributed by atoms with Crippen LogP contribution < -0.4 is 5.73 Å². The first kappa shape index (κ1) is 6.81. The molecule has 52 valence electrons. The fourth-order valence-electron chi connectivity index (χ4n) is 1.36. The van der Waals surface area contributed by atoms with E-state index in [0.717, 1.165) is 19.3 Å². The Morgan fingerprint density at radius 3 is 2.78 bits per heavy atom. The number of rotatable bonds is 0. The van der Waals surface area contributed by atoms with E-state index in [9.17, 15) is 0 Å². The van der Waals surface area contributed by atoms with Crippen molar-refractivity contribution in [2.75, 3.05) is 0 Å². The molecule has 0 spiro atoms. The van der Waals surface area contributed by atoms with E-state index in [2.05, 4.69) is 13.5 Å². The van der Waals surface area contributed by atoms with Crippen LogP contribution in [0.15, 0.2) is 12.2 Å². The van der Waals surface area contributed by atoms with Gasteiger partial charge in [0.25, 0.3) is 0 Å². The summed E-state index contributed by atoms with van der Waals surface area (Å²) in [5, 5.41) is 0. The molecule has 9 heavy (non-hydrogen) atoms. The molecule has 2 unspecified atom stereocenters. The van der Waals surface area contributed by atoms with Gasteiger partial charge in [0, 0.05) is 6.04 Å². The van der Waals surface area contributed by atoms with Crippen LogP contribution in [0.5, 0.6) is 0 Å². The Bertz CT molecular complexity index is 118. The first-order valence-corrected chi connectivity index (χ1v) is 3.62. The lowest BCUT2D eigenvalue weighted by Crippen LogP contribution is -2.31. The Labute approximate surface area is 56.9 Å². The van der Waals surface area contributed by atoms with Gasteiger partial charge >= 0.3 is 0 Å². The van der Waals surface area contributed by atoms with Gasteiger partial charge in [-0.05, 0) is 25.2 Å². The van der Waals surface area contributed by atoms with Crippen molar-refractivity contribution in [1.82, 2.24) is 0 Å². The van der Waals surface area contributed by atoms with Crippen molar-refractivity contribution in [1.29, 1.82) is 0 Å². The average molecular weight is 125 g/mol.